The number of carbonyl (C=O) groups is 1. The van der Waals surface area contributed by atoms with Gasteiger partial charge in [0.15, 0.2) is 0 Å². The largest absolute Gasteiger partial charge is 0.497 e. The van der Waals surface area contributed by atoms with Crippen LogP contribution in [0.25, 0.3) is 11.3 Å². The number of amides is 1. The highest BCUT2D eigenvalue weighted by Gasteiger charge is 2.12. The van der Waals surface area contributed by atoms with E-state index in [1.165, 1.54) is 18.2 Å². The molecule has 0 aliphatic carbocycles. The van der Waals surface area contributed by atoms with Crippen LogP contribution in [0, 0.1) is 5.82 Å². The fraction of sp³-hybridized carbons (Fsp3) is 0.0556. The van der Waals surface area contributed by atoms with Crippen LogP contribution in [0.1, 0.15) is 10.5 Å². The lowest BCUT2D eigenvalue weighted by Gasteiger charge is -2.08. The SMILES string of the molecule is COc1ccc(-c2cc(C(=O)Nc3ccc(F)c(Cl)c3)[nH]c(=O)n2)cc1. The molecule has 0 bridgehead atoms. The first-order valence-electron chi connectivity index (χ1n) is 7.48. The number of hydrogen-bond donors (Lipinski definition) is 2. The van der Waals surface area contributed by atoms with Gasteiger partial charge in [-0.05, 0) is 48.5 Å². The summed E-state index contributed by atoms with van der Waals surface area (Å²) in [7, 11) is 1.55. The van der Waals surface area contributed by atoms with Gasteiger partial charge in [-0.3, -0.25) is 4.79 Å². The van der Waals surface area contributed by atoms with Gasteiger partial charge >= 0.3 is 5.69 Å². The predicted octanol–water partition coefficient (Wildman–Crippen LogP) is 3.49. The Balaban J connectivity index is 1.89. The van der Waals surface area contributed by atoms with E-state index in [9.17, 15) is 14.0 Å². The standard InChI is InChI=1S/C18H13ClFN3O3/c1-26-12-5-2-10(3-6-12)15-9-16(23-18(25)22-15)17(24)21-11-4-7-14(20)13(19)8-11/h2-9H,1H3,(H,21,24)(H,22,23,25). The minimum atomic E-state index is -0.666. The van der Waals surface area contributed by atoms with Crippen LogP contribution in [0.15, 0.2) is 53.3 Å². The number of aromatic nitrogens is 2. The van der Waals surface area contributed by atoms with Gasteiger partial charge in [0.05, 0.1) is 17.8 Å². The van der Waals surface area contributed by atoms with Gasteiger partial charge in [-0.15, -0.1) is 0 Å². The second kappa shape index (κ2) is 7.37. The summed E-state index contributed by atoms with van der Waals surface area (Å²) >= 11 is 5.69. The van der Waals surface area contributed by atoms with Crippen LogP contribution >= 0.6 is 11.6 Å². The molecule has 6 nitrogen and oxygen atoms in total. The van der Waals surface area contributed by atoms with Crippen LogP contribution in [-0.2, 0) is 0 Å². The van der Waals surface area contributed by atoms with Gasteiger partial charge < -0.3 is 15.0 Å². The summed E-state index contributed by atoms with van der Waals surface area (Å²) in [6.07, 6.45) is 0. The summed E-state index contributed by atoms with van der Waals surface area (Å²) in [6.45, 7) is 0. The molecular weight excluding hydrogens is 361 g/mol. The van der Waals surface area contributed by atoms with Crippen molar-refractivity contribution in [1.82, 2.24) is 9.97 Å². The van der Waals surface area contributed by atoms with Gasteiger partial charge in [-0.1, -0.05) is 11.6 Å². The number of methoxy groups -OCH3 is 1. The normalized spacial score (nSPS) is 10.4. The molecule has 1 heterocycles. The van der Waals surface area contributed by atoms with E-state index in [2.05, 4.69) is 15.3 Å². The van der Waals surface area contributed by atoms with E-state index < -0.39 is 17.4 Å². The number of nitrogens with one attached hydrogen (secondary N) is 2. The lowest BCUT2D eigenvalue weighted by atomic mass is 10.1. The molecule has 132 valence electrons. The fourth-order valence-electron chi connectivity index (χ4n) is 2.26. The number of aromatic amines is 1. The highest BCUT2D eigenvalue weighted by atomic mass is 35.5. The van der Waals surface area contributed by atoms with Crippen LogP contribution in [0.2, 0.25) is 5.02 Å². The number of anilines is 1. The quantitative estimate of drug-likeness (QED) is 0.733. The molecule has 1 aromatic heterocycles. The Bertz CT molecular complexity index is 1020. The van der Waals surface area contributed by atoms with Crippen molar-refractivity contribution >= 4 is 23.2 Å². The van der Waals surface area contributed by atoms with E-state index in [4.69, 9.17) is 16.3 Å². The smallest absolute Gasteiger partial charge is 0.346 e. The minimum Gasteiger partial charge on any atom is -0.497 e. The lowest BCUT2D eigenvalue weighted by Crippen LogP contribution is -2.21. The maximum atomic E-state index is 13.2. The highest BCUT2D eigenvalue weighted by Crippen LogP contribution is 2.22. The molecule has 2 aromatic carbocycles. The Morgan fingerprint density at radius 1 is 1.19 bits per heavy atom. The molecule has 3 rings (SSSR count). The zero-order valence-electron chi connectivity index (χ0n) is 13.5. The number of carbonyl (C=O) groups excluding carboxylic acids is 1. The van der Waals surface area contributed by atoms with Gasteiger partial charge in [0.1, 0.15) is 17.3 Å². The molecule has 0 atom stereocenters. The molecule has 26 heavy (non-hydrogen) atoms. The molecule has 0 radical (unpaired) electrons. The molecule has 0 saturated carbocycles. The molecule has 8 heteroatoms. The zero-order chi connectivity index (χ0) is 18.7. The van der Waals surface area contributed by atoms with Gasteiger partial charge in [-0.25, -0.2) is 9.18 Å². The van der Waals surface area contributed by atoms with Crippen LogP contribution in [0.5, 0.6) is 5.75 Å². The van der Waals surface area contributed by atoms with Crippen molar-refractivity contribution in [1.29, 1.82) is 0 Å². The first kappa shape index (κ1) is 17.6. The predicted molar refractivity (Wildman–Crippen MR) is 96.2 cm³/mol. The number of hydrogen-bond acceptors (Lipinski definition) is 4. The molecule has 0 aliphatic rings. The van der Waals surface area contributed by atoms with Crippen molar-refractivity contribution in [3.05, 3.63) is 75.5 Å². The lowest BCUT2D eigenvalue weighted by molar-refractivity contribution is 0.102. The Kier molecular flexibility index (Phi) is 4.99. The van der Waals surface area contributed by atoms with Crippen molar-refractivity contribution in [3.63, 3.8) is 0 Å². The first-order valence-corrected chi connectivity index (χ1v) is 7.86. The zero-order valence-corrected chi connectivity index (χ0v) is 14.3. The molecular formula is C18H13ClFN3O3. The maximum Gasteiger partial charge on any atom is 0.346 e. The molecule has 1 amide bonds. The Morgan fingerprint density at radius 2 is 1.92 bits per heavy atom. The van der Waals surface area contributed by atoms with Crippen molar-refractivity contribution in [2.75, 3.05) is 12.4 Å². The second-order valence-corrected chi connectivity index (χ2v) is 5.70. The number of H-pyrrole nitrogens is 1. The topological polar surface area (TPSA) is 84.1 Å². The average Bonchev–Trinajstić information content (AvgIpc) is 2.64. The van der Waals surface area contributed by atoms with Crippen molar-refractivity contribution in [2.45, 2.75) is 0 Å². The monoisotopic (exact) mass is 373 g/mol. The summed E-state index contributed by atoms with van der Waals surface area (Å²) in [5, 5.41) is 2.42. The molecule has 0 fully saturated rings. The number of benzene rings is 2. The molecule has 2 N–H and O–H groups in total. The second-order valence-electron chi connectivity index (χ2n) is 5.30. The molecule has 0 spiro atoms. The Labute approximate surface area is 152 Å². The van der Waals surface area contributed by atoms with Gasteiger partial charge in [0.2, 0.25) is 0 Å². The van der Waals surface area contributed by atoms with Gasteiger partial charge in [0, 0.05) is 11.3 Å². The maximum absolute atomic E-state index is 13.2. The van der Waals surface area contributed by atoms with E-state index in [1.54, 1.807) is 31.4 Å². The first-order chi connectivity index (χ1) is 12.5. The minimum absolute atomic E-state index is 0.0104. The third-order valence-corrected chi connectivity index (χ3v) is 3.84. The van der Waals surface area contributed by atoms with E-state index in [-0.39, 0.29) is 10.7 Å². The number of ether oxygens (including phenoxy) is 1. The Hall–Kier alpha value is -3.19. The average molecular weight is 374 g/mol. The summed E-state index contributed by atoms with van der Waals surface area (Å²) in [6, 6.07) is 12.1. The number of rotatable bonds is 4. The van der Waals surface area contributed by atoms with Crippen LogP contribution in [-0.4, -0.2) is 23.0 Å². The van der Waals surface area contributed by atoms with Gasteiger partial charge in [0.25, 0.3) is 5.91 Å². The summed E-state index contributed by atoms with van der Waals surface area (Å²) in [5.74, 6) is -0.518. The van der Waals surface area contributed by atoms with Crippen molar-refractivity contribution in [2.24, 2.45) is 0 Å². The van der Waals surface area contributed by atoms with Crippen LogP contribution < -0.4 is 15.7 Å². The van der Waals surface area contributed by atoms with Crippen LogP contribution in [0.4, 0.5) is 10.1 Å². The summed E-state index contributed by atoms with van der Waals surface area (Å²) < 4.78 is 18.3. The fourth-order valence-corrected chi connectivity index (χ4v) is 2.44. The molecule has 0 unspecified atom stereocenters. The summed E-state index contributed by atoms with van der Waals surface area (Å²) in [5.41, 5.74) is 0.622. The molecule has 3 aromatic rings. The summed E-state index contributed by atoms with van der Waals surface area (Å²) in [4.78, 5) is 30.4. The van der Waals surface area contributed by atoms with Crippen molar-refractivity contribution < 1.29 is 13.9 Å². The van der Waals surface area contributed by atoms with Gasteiger partial charge in [-0.2, -0.15) is 4.98 Å². The van der Waals surface area contributed by atoms with Crippen molar-refractivity contribution in [3.8, 4) is 17.0 Å². The Morgan fingerprint density at radius 3 is 2.58 bits per heavy atom. The van der Waals surface area contributed by atoms with E-state index in [0.29, 0.717) is 22.7 Å². The van der Waals surface area contributed by atoms with E-state index >= 15 is 0 Å². The van der Waals surface area contributed by atoms with Crippen LogP contribution in [0.3, 0.4) is 0 Å². The number of halogens is 2. The van der Waals surface area contributed by atoms with E-state index in [0.717, 1.165) is 6.07 Å². The molecule has 0 saturated heterocycles. The third kappa shape index (κ3) is 3.89. The van der Waals surface area contributed by atoms with E-state index in [1.807, 2.05) is 0 Å². The molecule has 0 aliphatic heterocycles. The highest BCUT2D eigenvalue weighted by molar-refractivity contribution is 6.31. The number of nitrogens with zero attached hydrogens (tertiary/aromatic N) is 1. The third-order valence-electron chi connectivity index (χ3n) is 3.55.